The lowest BCUT2D eigenvalue weighted by atomic mass is 9.76. The molecule has 0 saturated heterocycles. The minimum Gasteiger partial charge on any atom is -0.469 e. The van der Waals surface area contributed by atoms with Crippen molar-refractivity contribution in [3.05, 3.63) is 10.1 Å². The van der Waals surface area contributed by atoms with Crippen LogP contribution in [0.1, 0.15) is 40.0 Å². The summed E-state index contributed by atoms with van der Waals surface area (Å²) in [4.78, 5) is 21.1. The van der Waals surface area contributed by atoms with Gasteiger partial charge in [0.05, 0.1) is 7.11 Å². The topological polar surface area (TPSA) is 69.4 Å². The average Bonchev–Trinajstić information content (AvgIpc) is 2.14. The zero-order chi connectivity index (χ0) is 12.8. The molecule has 0 rings (SSSR count). The largest absolute Gasteiger partial charge is 0.469 e. The first-order valence-electron chi connectivity index (χ1n) is 5.46. The second-order valence-corrected chi connectivity index (χ2v) is 5.02. The molecule has 5 heteroatoms. The van der Waals surface area contributed by atoms with Crippen molar-refractivity contribution in [2.24, 2.45) is 11.3 Å². The van der Waals surface area contributed by atoms with Crippen LogP contribution < -0.4 is 0 Å². The molecule has 0 amide bonds. The first kappa shape index (κ1) is 14.9. The number of carbonyl (C=O) groups excluding carboxylic acids is 1. The second kappa shape index (κ2) is 6.45. The number of carbonyl (C=O) groups is 1. The van der Waals surface area contributed by atoms with E-state index in [4.69, 9.17) is 0 Å². The van der Waals surface area contributed by atoms with Crippen LogP contribution in [0.5, 0.6) is 0 Å². The van der Waals surface area contributed by atoms with Crippen molar-refractivity contribution in [3.63, 3.8) is 0 Å². The molecule has 1 unspecified atom stereocenters. The van der Waals surface area contributed by atoms with Crippen LogP contribution in [-0.2, 0) is 9.53 Å². The Morgan fingerprint density at radius 1 is 1.38 bits per heavy atom. The molecule has 0 saturated carbocycles. The normalized spacial score (nSPS) is 13.2. The lowest BCUT2D eigenvalue weighted by Crippen LogP contribution is -2.24. The monoisotopic (exact) mass is 231 g/mol. The van der Waals surface area contributed by atoms with Crippen LogP contribution in [0.25, 0.3) is 0 Å². The summed E-state index contributed by atoms with van der Waals surface area (Å²) in [5.74, 6) is -0.0904. The highest BCUT2D eigenvalue weighted by Gasteiger charge is 2.26. The molecular weight excluding hydrogens is 210 g/mol. The van der Waals surface area contributed by atoms with E-state index >= 15 is 0 Å². The van der Waals surface area contributed by atoms with E-state index in [1.54, 1.807) is 0 Å². The standard InChI is InChI=1S/C11H21NO4/c1-11(2,3)9(7-8-12(14)15)5-6-10(13)16-4/h9H,5-8H2,1-4H3. The molecule has 94 valence electrons. The quantitative estimate of drug-likeness (QED) is 0.399. The number of methoxy groups -OCH3 is 1. The van der Waals surface area contributed by atoms with E-state index in [1.165, 1.54) is 7.11 Å². The molecule has 5 nitrogen and oxygen atoms in total. The Morgan fingerprint density at radius 3 is 2.31 bits per heavy atom. The van der Waals surface area contributed by atoms with Crippen molar-refractivity contribution in [3.8, 4) is 0 Å². The molecular formula is C11H21NO4. The van der Waals surface area contributed by atoms with E-state index in [9.17, 15) is 14.9 Å². The maximum Gasteiger partial charge on any atom is 0.305 e. The van der Waals surface area contributed by atoms with E-state index in [1.807, 2.05) is 20.8 Å². The number of ether oxygens (including phenoxy) is 1. The minimum atomic E-state index is -0.309. The van der Waals surface area contributed by atoms with Crippen LogP contribution in [0, 0.1) is 21.4 Å². The summed E-state index contributed by atoms with van der Waals surface area (Å²) in [6, 6.07) is 0. The lowest BCUT2D eigenvalue weighted by molar-refractivity contribution is -0.482. The van der Waals surface area contributed by atoms with Crippen molar-refractivity contribution < 1.29 is 14.5 Å². The van der Waals surface area contributed by atoms with E-state index in [-0.39, 0.29) is 28.8 Å². The average molecular weight is 231 g/mol. The summed E-state index contributed by atoms with van der Waals surface area (Å²) in [5.41, 5.74) is -0.0238. The van der Waals surface area contributed by atoms with E-state index in [0.29, 0.717) is 19.3 Å². The maximum absolute atomic E-state index is 11.0. The van der Waals surface area contributed by atoms with Crippen LogP contribution in [0.3, 0.4) is 0 Å². The van der Waals surface area contributed by atoms with Gasteiger partial charge in [-0.15, -0.1) is 0 Å². The van der Waals surface area contributed by atoms with E-state index in [2.05, 4.69) is 4.74 Å². The number of hydrogen-bond acceptors (Lipinski definition) is 4. The van der Waals surface area contributed by atoms with Gasteiger partial charge in [-0.2, -0.15) is 0 Å². The number of rotatable bonds is 6. The van der Waals surface area contributed by atoms with Gasteiger partial charge in [0.2, 0.25) is 6.54 Å². The molecule has 0 aromatic carbocycles. The van der Waals surface area contributed by atoms with Crippen molar-refractivity contribution in [2.75, 3.05) is 13.7 Å². The van der Waals surface area contributed by atoms with Gasteiger partial charge in [0.25, 0.3) is 0 Å². The van der Waals surface area contributed by atoms with Crippen molar-refractivity contribution >= 4 is 5.97 Å². The first-order chi connectivity index (χ1) is 7.27. The maximum atomic E-state index is 11.0. The van der Waals surface area contributed by atoms with Gasteiger partial charge < -0.3 is 4.74 Å². The highest BCUT2D eigenvalue weighted by Crippen LogP contribution is 2.32. The zero-order valence-electron chi connectivity index (χ0n) is 10.5. The summed E-state index contributed by atoms with van der Waals surface area (Å²) in [6.07, 6.45) is 1.48. The molecule has 1 atom stereocenters. The van der Waals surface area contributed by atoms with E-state index < -0.39 is 0 Å². The van der Waals surface area contributed by atoms with Gasteiger partial charge in [0.15, 0.2) is 0 Å². The predicted molar refractivity (Wildman–Crippen MR) is 60.7 cm³/mol. The van der Waals surface area contributed by atoms with Gasteiger partial charge in [-0.05, 0) is 17.8 Å². The fourth-order valence-electron chi connectivity index (χ4n) is 1.67. The highest BCUT2D eigenvalue weighted by atomic mass is 16.6. The van der Waals surface area contributed by atoms with Gasteiger partial charge in [-0.1, -0.05) is 20.8 Å². The molecule has 16 heavy (non-hydrogen) atoms. The van der Waals surface area contributed by atoms with Crippen LogP contribution in [-0.4, -0.2) is 24.5 Å². The third-order valence-electron chi connectivity index (χ3n) is 2.81. The Kier molecular flexibility index (Phi) is 6.00. The SMILES string of the molecule is COC(=O)CCC(CC[N+](=O)[O-])C(C)(C)C. The van der Waals surface area contributed by atoms with E-state index in [0.717, 1.165) is 0 Å². The van der Waals surface area contributed by atoms with Crippen LogP contribution in [0.15, 0.2) is 0 Å². The summed E-state index contributed by atoms with van der Waals surface area (Å²) < 4.78 is 4.57. The summed E-state index contributed by atoms with van der Waals surface area (Å²) in [7, 11) is 1.35. The molecule has 0 aliphatic carbocycles. The third kappa shape index (κ3) is 6.37. The second-order valence-electron chi connectivity index (χ2n) is 5.02. The van der Waals surface area contributed by atoms with Crippen LogP contribution in [0.2, 0.25) is 0 Å². The third-order valence-corrected chi connectivity index (χ3v) is 2.81. The lowest BCUT2D eigenvalue weighted by Gasteiger charge is -2.29. The molecule has 0 fully saturated rings. The van der Waals surface area contributed by atoms with Crippen molar-refractivity contribution in [1.82, 2.24) is 0 Å². The molecule has 0 aliphatic rings. The van der Waals surface area contributed by atoms with Crippen LogP contribution in [0.4, 0.5) is 0 Å². The fraction of sp³-hybridized carbons (Fsp3) is 0.909. The van der Waals surface area contributed by atoms with Gasteiger partial charge in [0.1, 0.15) is 0 Å². The minimum absolute atomic E-state index is 0.0238. The first-order valence-corrected chi connectivity index (χ1v) is 5.46. The van der Waals surface area contributed by atoms with Gasteiger partial charge in [-0.25, -0.2) is 0 Å². The molecule has 0 bridgehead atoms. The molecule has 0 radical (unpaired) electrons. The Labute approximate surface area is 96.3 Å². The zero-order valence-corrected chi connectivity index (χ0v) is 10.5. The Balaban J connectivity index is 4.22. The number of esters is 1. The molecule has 0 aromatic rings. The Bertz CT molecular complexity index is 245. The number of nitro groups is 1. The summed E-state index contributed by atoms with van der Waals surface area (Å²) >= 11 is 0. The van der Waals surface area contributed by atoms with Gasteiger partial charge in [-0.3, -0.25) is 14.9 Å². The van der Waals surface area contributed by atoms with Gasteiger partial charge >= 0.3 is 5.97 Å². The number of hydrogen-bond donors (Lipinski definition) is 0. The fourth-order valence-corrected chi connectivity index (χ4v) is 1.67. The molecule has 0 spiro atoms. The summed E-state index contributed by atoms with van der Waals surface area (Å²) in [6.45, 7) is 6.07. The Hall–Kier alpha value is -1.13. The Morgan fingerprint density at radius 2 is 1.94 bits per heavy atom. The van der Waals surface area contributed by atoms with Crippen molar-refractivity contribution in [2.45, 2.75) is 40.0 Å². The van der Waals surface area contributed by atoms with Crippen LogP contribution >= 0.6 is 0 Å². The molecule has 0 aromatic heterocycles. The number of nitrogens with zero attached hydrogens (tertiary/aromatic N) is 1. The van der Waals surface area contributed by atoms with Gasteiger partial charge in [0, 0.05) is 17.8 Å². The smallest absolute Gasteiger partial charge is 0.305 e. The molecule has 0 heterocycles. The summed E-state index contributed by atoms with van der Waals surface area (Å²) in [5, 5.41) is 10.3. The predicted octanol–water partition coefficient (Wildman–Crippen LogP) is 2.27. The van der Waals surface area contributed by atoms with Crippen molar-refractivity contribution in [1.29, 1.82) is 0 Å². The molecule has 0 aliphatic heterocycles. The highest BCUT2D eigenvalue weighted by molar-refractivity contribution is 5.69. The molecule has 0 N–H and O–H groups in total.